The summed E-state index contributed by atoms with van der Waals surface area (Å²) in [5, 5.41) is 7.00. The summed E-state index contributed by atoms with van der Waals surface area (Å²) in [7, 11) is 1.78. The first-order chi connectivity index (χ1) is 17.0. The van der Waals surface area contributed by atoms with Crippen LogP contribution in [-0.4, -0.2) is 58.9 Å². The molecule has 182 valence electrons. The van der Waals surface area contributed by atoms with E-state index < -0.39 is 0 Å². The summed E-state index contributed by atoms with van der Waals surface area (Å²) < 4.78 is 19.3. The molecule has 35 heavy (non-hydrogen) atoms. The van der Waals surface area contributed by atoms with Crippen LogP contribution in [0.4, 0.5) is 5.82 Å². The molecule has 0 unspecified atom stereocenters. The Morgan fingerprint density at radius 2 is 1.71 bits per heavy atom. The Morgan fingerprint density at radius 3 is 2.37 bits per heavy atom. The second-order valence-electron chi connectivity index (χ2n) is 8.72. The second kappa shape index (κ2) is 10.2. The first-order valence-electron chi connectivity index (χ1n) is 11.8. The Bertz CT molecular complexity index is 1200. The number of carbonyl (C=O) groups excluding carboxylic acids is 2. The molecule has 1 aromatic heterocycles. The van der Waals surface area contributed by atoms with Gasteiger partial charge in [-0.15, -0.1) is 0 Å². The van der Waals surface area contributed by atoms with Gasteiger partial charge in [-0.3, -0.25) is 14.3 Å². The third-order valence-electron chi connectivity index (χ3n) is 6.05. The van der Waals surface area contributed by atoms with Gasteiger partial charge in [0.15, 0.2) is 5.82 Å². The maximum absolute atomic E-state index is 13.0. The summed E-state index contributed by atoms with van der Waals surface area (Å²) >= 11 is 0. The highest BCUT2D eigenvalue weighted by molar-refractivity contribution is 6.04. The van der Waals surface area contributed by atoms with E-state index in [4.69, 9.17) is 14.2 Å². The Morgan fingerprint density at radius 1 is 0.971 bits per heavy atom. The number of anilines is 1. The monoisotopic (exact) mass is 476 g/mol. The minimum Gasteiger partial charge on any atom is -0.490 e. The van der Waals surface area contributed by atoms with E-state index in [1.807, 2.05) is 4.90 Å². The molecule has 3 aromatic rings. The van der Waals surface area contributed by atoms with Crippen LogP contribution >= 0.6 is 0 Å². The maximum atomic E-state index is 13.0. The normalized spacial score (nSPS) is 15.9. The highest BCUT2D eigenvalue weighted by atomic mass is 16.5. The van der Waals surface area contributed by atoms with Gasteiger partial charge in [0.25, 0.3) is 11.8 Å². The van der Waals surface area contributed by atoms with Crippen LogP contribution in [0.3, 0.4) is 0 Å². The molecule has 0 atom stereocenters. The summed E-state index contributed by atoms with van der Waals surface area (Å²) in [4.78, 5) is 27.2. The molecule has 9 nitrogen and oxygen atoms in total. The van der Waals surface area contributed by atoms with E-state index in [0.29, 0.717) is 47.4 Å². The number of likely N-dealkylation sites (tertiary alicyclic amines) is 1. The van der Waals surface area contributed by atoms with Crippen LogP contribution in [0.2, 0.25) is 0 Å². The average molecular weight is 477 g/mol. The number of hydrogen-bond donors (Lipinski definition) is 1. The van der Waals surface area contributed by atoms with Crippen molar-refractivity contribution < 1.29 is 23.8 Å². The van der Waals surface area contributed by atoms with E-state index in [9.17, 15) is 9.59 Å². The van der Waals surface area contributed by atoms with Crippen molar-refractivity contribution in [1.82, 2.24) is 14.7 Å². The Hall–Kier alpha value is -3.85. The van der Waals surface area contributed by atoms with Gasteiger partial charge in [0.1, 0.15) is 23.4 Å². The largest absolute Gasteiger partial charge is 0.490 e. The predicted molar refractivity (Wildman–Crippen MR) is 129 cm³/mol. The minimum atomic E-state index is -0.318. The molecule has 9 heteroatoms. The number of nitrogens with one attached hydrogen (secondary N) is 1. The molecule has 2 aromatic carbocycles. The van der Waals surface area contributed by atoms with Crippen molar-refractivity contribution in [3.05, 3.63) is 65.9 Å². The van der Waals surface area contributed by atoms with Crippen molar-refractivity contribution in [1.29, 1.82) is 0 Å². The topological polar surface area (TPSA) is 94.9 Å². The number of hydrogen-bond acceptors (Lipinski definition) is 6. The van der Waals surface area contributed by atoms with E-state index in [0.717, 1.165) is 32.4 Å². The fourth-order valence-electron chi connectivity index (χ4n) is 3.99. The van der Waals surface area contributed by atoms with Gasteiger partial charge in [-0.05, 0) is 42.8 Å². The van der Waals surface area contributed by atoms with Crippen molar-refractivity contribution in [2.24, 2.45) is 7.05 Å². The van der Waals surface area contributed by atoms with Crippen LogP contribution in [0.1, 0.15) is 40.0 Å². The molecule has 0 aliphatic carbocycles. The Kier molecular flexibility index (Phi) is 6.67. The van der Waals surface area contributed by atoms with Crippen LogP contribution in [0.25, 0.3) is 0 Å². The summed E-state index contributed by atoms with van der Waals surface area (Å²) in [5.41, 5.74) is 1.02. The highest BCUT2D eigenvalue weighted by Crippen LogP contribution is 2.30. The lowest BCUT2D eigenvalue weighted by Crippen LogP contribution is -2.41. The smallest absolute Gasteiger partial charge is 0.257 e. The second-order valence-corrected chi connectivity index (χ2v) is 8.72. The lowest BCUT2D eigenvalue weighted by atomic mass is 10.1. The SMILES string of the molecule is Cn1ccc(NC(=O)c2cc(Oc3ccc(C(=O)N4CCC4)cc3)cc(OC3CCOCC3)c2)n1. The van der Waals surface area contributed by atoms with Crippen LogP contribution in [0.15, 0.2) is 54.7 Å². The zero-order valence-corrected chi connectivity index (χ0v) is 19.6. The zero-order chi connectivity index (χ0) is 24.2. The number of nitrogens with zero attached hydrogens (tertiary/aromatic N) is 3. The molecular weight excluding hydrogens is 448 g/mol. The molecule has 0 bridgehead atoms. The van der Waals surface area contributed by atoms with Crippen molar-refractivity contribution in [3.8, 4) is 17.2 Å². The van der Waals surface area contributed by atoms with E-state index in [-0.39, 0.29) is 17.9 Å². The van der Waals surface area contributed by atoms with Crippen LogP contribution in [-0.2, 0) is 11.8 Å². The van der Waals surface area contributed by atoms with Crippen LogP contribution < -0.4 is 14.8 Å². The summed E-state index contributed by atoms with van der Waals surface area (Å²) in [5.74, 6) is 1.74. The first kappa shape index (κ1) is 22.9. The first-order valence-corrected chi connectivity index (χ1v) is 11.8. The predicted octanol–water partition coefficient (Wildman–Crippen LogP) is 3.87. The molecule has 2 saturated heterocycles. The third kappa shape index (κ3) is 5.63. The molecule has 5 rings (SSSR count). The molecule has 0 radical (unpaired) electrons. The molecule has 3 heterocycles. The van der Waals surface area contributed by atoms with Gasteiger partial charge in [0.05, 0.1) is 13.2 Å². The van der Waals surface area contributed by atoms with Crippen molar-refractivity contribution in [3.63, 3.8) is 0 Å². The van der Waals surface area contributed by atoms with Gasteiger partial charge < -0.3 is 24.4 Å². The fraction of sp³-hybridized carbons (Fsp3) is 0.346. The van der Waals surface area contributed by atoms with Gasteiger partial charge in [-0.25, -0.2) is 0 Å². The number of amides is 2. The molecule has 2 aliphatic rings. The number of rotatable bonds is 7. The van der Waals surface area contributed by atoms with Crippen molar-refractivity contribution in [2.75, 3.05) is 31.6 Å². The molecule has 0 saturated carbocycles. The quantitative estimate of drug-likeness (QED) is 0.556. The van der Waals surface area contributed by atoms with Gasteiger partial charge in [0, 0.05) is 62.4 Å². The van der Waals surface area contributed by atoms with Crippen LogP contribution in [0, 0.1) is 0 Å². The standard InChI is InChI=1S/C26H28N4O5/c1-29-12-7-24(28-29)27-25(31)19-15-22(17-23(16-19)35-21-8-13-33-14-9-21)34-20-5-3-18(4-6-20)26(32)30-10-2-11-30/h3-7,12,15-17,21H,2,8-11,13-14H2,1H3,(H,27,28,31). The summed E-state index contributed by atoms with van der Waals surface area (Å²) in [6, 6.07) is 13.9. The fourth-order valence-corrected chi connectivity index (χ4v) is 3.99. The van der Waals surface area contributed by atoms with E-state index >= 15 is 0 Å². The molecule has 1 N–H and O–H groups in total. The number of aryl methyl sites for hydroxylation is 1. The third-order valence-corrected chi connectivity index (χ3v) is 6.05. The van der Waals surface area contributed by atoms with Gasteiger partial charge in [0.2, 0.25) is 0 Å². The maximum Gasteiger partial charge on any atom is 0.257 e. The lowest BCUT2D eigenvalue weighted by Gasteiger charge is -2.30. The zero-order valence-electron chi connectivity index (χ0n) is 19.6. The van der Waals surface area contributed by atoms with E-state index in [1.165, 1.54) is 0 Å². The van der Waals surface area contributed by atoms with Crippen molar-refractivity contribution >= 4 is 17.6 Å². The summed E-state index contributed by atoms with van der Waals surface area (Å²) in [6.07, 6.45) is 4.39. The minimum absolute atomic E-state index is 0.0116. The molecule has 0 spiro atoms. The lowest BCUT2D eigenvalue weighted by molar-refractivity contribution is 0.0255. The highest BCUT2D eigenvalue weighted by Gasteiger charge is 2.22. The molecule has 2 fully saturated rings. The van der Waals surface area contributed by atoms with Gasteiger partial charge in [-0.2, -0.15) is 5.10 Å². The molecule has 2 amide bonds. The van der Waals surface area contributed by atoms with Gasteiger partial charge in [-0.1, -0.05) is 0 Å². The number of benzene rings is 2. The van der Waals surface area contributed by atoms with Gasteiger partial charge >= 0.3 is 0 Å². The van der Waals surface area contributed by atoms with E-state index in [2.05, 4.69) is 10.4 Å². The summed E-state index contributed by atoms with van der Waals surface area (Å²) in [6.45, 7) is 2.91. The average Bonchev–Trinajstić information content (AvgIpc) is 3.23. The molecule has 2 aliphatic heterocycles. The number of ether oxygens (including phenoxy) is 3. The Balaban J connectivity index is 1.35. The van der Waals surface area contributed by atoms with E-state index in [1.54, 1.807) is 66.5 Å². The number of aromatic nitrogens is 2. The van der Waals surface area contributed by atoms with Crippen LogP contribution in [0.5, 0.6) is 17.2 Å². The molecular formula is C26H28N4O5. The number of carbonyl (C=O) groups is 2. The van der Waals surface area contributed by atoms with Crippen molar-refractivity contribution in [2.45, 2.75) is 25.4 Å². The Labute approximate surface area is 203 Å².